The van der Waals surface area contributed by atoms with Gasteiger partial charge in [-0.25, -0.2) is 9.78 Å². The second-order valence-electron chi connectivity index (χ2n) is 5.35. The molecule has 6 heteroatoms. The molecule has 0 aliphatic carbocycles. The van der Waals surface area contributed by atoms with Crippen LogP contribution >= 0.6 is 0 Å². The summed E-state index contributed by atoms with van der Waals surface area (Å²) in [4.78, 5) is 16.6. The monoisotopic (exact) mass is 322 g/mol. The predicted molar refractivity (Wildman–Crippen MR) is 91.2 cm³/mol. The molecule has 0 aliphatic rings. The fraction of sp³-hybridized carbons (Fsp3) is 0.222. The van der Waals surface area contributed by atoms with Gasteiger partial charge in [0.15, 0.2) is 11.5 Å². The highest BCUT2D eigenvalue weighted by molar-refractivity contribution is 5.93. The van der Waals surface area contributed by atoms with Crippen molar-refractivity contribution in [2.45, 2.75) is 20.8 Å². The first-order valence-corrected chi connectivity index (χ1v) is 7.74. The van der Waals surface area contributed by atoms with Gasteiger partial charge in [-0.3, -0.25) is 4.40 Å². The number of ether oxygens (including phenoxy) is 1. The number of hydrogen-bond acceptors (Lipinski definition) is 5. The Hall–Kier alpha value is -3.02. The van der Waals surface area contributed by atoms with E-state index in [9.17, 15) is 4.79 Å². The summed E-state index contributed by atoms with van der Waals surface area (Å²) < 4.78 is 6.90. The van der Waals surface area contributed by atoms with E-state index in [1.807, 2.05) is 56.3 Å². The third-order valence-corrected chi connectivity index (χ3v) is 3.65. The molecule has 0 radical (unpaired) electrons. The summed E-state index contributed by atoms with van der Waals surface area (Å²) in [6, 6.07) is 13.3. The summed E-state index contributed by atoms with van der Waals surface area (Å²) in [5.41, 5.74) is 3.47. The second kappa shape index (κ2) is 6.62. The fourth-order valence-corrected chi connectivity index (χ4v) is 2.44. The van der Waals surface area contributed by atoms with Gasteiger partial charge in [-0.1, -0.05) is 24.3 Å². The molecule has 3 rings (SSSR count). The van der Waals surface area contributed by atoms with E-state index >= 15 is 0 Å². The third kappa shape index (κ3) is 2.90. The molecule has 0 N–H and O–H groups in total. The third-order valence-electron chi connectivity index (χ3n) is 3.65. The smallest absolute Gasteiger partial charge is 0.360 e. The van der Waals surface area contributed by atoms with Gasteiger partial charge < -0.3 is 4.74 Å². The standard InChI is InChI=1S/C18H18N4O2/c1-4-24-18(23)16-17(21-20-14-10-6-5-8-12(14)2)22-13(3)9-7-11-15(22)19-16/h5-11H,4H2,1-3H3. The lowest BCUT2D eigenvalue weighted by Gasteiger charge is -2.03. The van der Waals surface area contributed by atoms with Crippen molar-refractivity contribution in [2.75, 3.05) is 6.61 Å². The lowest BCUT2D eigenvalue weighted by molar-refractivity contribution is 0.0521. The highest BCUT2D eigenvalue weighted by atomic mass is 16.5. The fourth-order valence-electron chi connectivity index (χ4n) is 2.44. The Labute approximate surface area is 139 Å². The molecule has 24 heavy (non-hydrogen) atoms. The molecule has 122 valence electrons. The molecule has 0 aliphatic heterocycles. The molecule has 3 aromatic rings. The lowest BCUT2D eigenvalue weighted by Crippen LogP contribution is -2.05. The van der Waals surface area contributed by atoms with Crippen LogP contribution < -0.4 is 0 Å². The first-order valence-electron chi connectivity index (χ1n) is 7.74. The molecule has 0 saturated heterocycles. The van der Waals surface area contributed by atoms with Crippen molar-refractivity contribution in [1.29, 1.82) is 0 Å². The van der Waals surface area contributed by atoms with Gasteiger partial charge in [0.1, 0.15) is 5.65 Å². The van der Waals surface area contributed by atoms with Gasteiger partial charge in [0, 0.05) is 5.69 Å². The van der Waals surface area contributed by atoms with E-state index in [0.717, 1.165) is 16.9 Å². The van der Waals surface area contributed by atoms with Crippen LogP contribution in [0.15, 0.2) is 52.7 Å². The van der Waals surface area contributed by atoms with Gasteiger partial charge >= 0.3 is 5.97 Å². The number of pyridine rings is 1. The van der Waals surface area contributed by atoms with Crippen LogP contribution in [0.5, 0.6) is 0 Å². The Morgan fingerprint density at radius 1 is 1.12 bits per heavy atom. The largest absolute Gasteiger partial charge is 0.461 e. The molecule has 0 bridgehead atoms. The summed E-state index contributed by atoms with van der Waals surface area (Å²) >= 11 is 0. The minimum absolute atomic E-state index is 0.170. The van der Waals surface area contributed by atoms with Gasteiger partial charge in [-0.05, 0) is 44.5 Å². The molecule has 2 heterocycles. The van der Waals surface area contributed by atoms with E-state index in [-0.39, 0.29) is 12.3 Å². The molecule has 0 amide bonds. The van der Waals surface area contributed by atoms with Gasteiger partial charge in [-0.2, -0.15) is 0 Å². The lowest BCUT2D eigenvalue weighted by atomic mass is 10.2. The van der Waals surface area contributed by atoms with Crippen molar-refractivity contribution in [3.63, 3.8) is 0 Å². The molecule has 0 atom stereocenters. The molecular weight excluding hydrogens is 304 g/mol. The number of carbonyl (C=O) groups excluding carboxylic acids is 1. The van der Waals surface area contributed by atoms with Crippen molar-refractivity contribution in [2.24, 2.45) is 10.2 Å². The van der Waals surface area contributed by atoms with E-state index in [2.05, 4.69) is 15.2 Å². The number of azo groups is 1. The number of carbonyl (C=O) groups is 1. The molecular formula is C18H18N4O2. The van der Waals surface area contributed by atoms with Crippen molar-refractivity contribution in [1.82, 2.24) is 9.38 Å². The Kier molecular flexibility index (Phi) is 4.37. The van der Waals surface area contributed by atoms with E-state index in [4.69, 9.17) is 4.74 Å². The van der Waals surface area contributed by atoms with Crippen LogP contribution in [0.1, 0.15) is 28.7 Å². The first kappa shape index (κ1) is 15.9. The van der Waals surface area contributed by atoms with Crippen LogP contribution in [0.3, 0.4) is 0 Å². The SMILES string of the molecule is CCOC(=O)c1nc2cccc(C)n2c1N=Nc1ccccc1C. The second-order valence-corrected chi connectivity index (χ2v) is 5.35. The number of hydrogen-bond donors (Lipinski definition) is 0. The van der Waals surface area contributed by atoms with Crippen LogP contribution in [-0.4, -0.2) is 22.0 Å². The van der Waals surface area contributed by atoms with Crippen molar-refractivity contribution in [3.05, 3.63) is 59.4 Å². The summed E-state index contributed by atoms with van der Waals surface area (Å²) in [6.07, 6.45) is 0. The summed E-state index contributed by atoms with van der Waals surface area (Å²) in [5.74, 6) is -0.121. The van der Waals surface area contributed by atoms with Gasteiger partial charge in [0.25, 0.3) is 0 Å². The number of aryl methyl sites for hydroxylation is 2. The Balaban J connectivity index is 2.15. The minimum Gasteiger partial charge on any atom is -0.461 e. The molecule has 0 spiro atoms. The van der Waals surface area contributed by atoms with Crippen molar-refractivity contribution in [3.8, 4) is 0 Å². The van der Waals surface area contributed by atoms with Gasteiger partial charge in [0.05, 0.1) is 12.3 Å². The number of rotatable bonds is 4. The zero-order valence-electron chi connectivity index (χ0n) is 13.9. The van der Waals surface area contributed by atoms with Crippen LogP contribution in [0.4, 0.5) is 11.5 Å². The van der Waals surface area contributed by atoms with Gasteiger partial charge in [-0.15, -0.1) is 10.2 Å². The van der Waals surface area contributed by atoms with Crippen molar-refractivity contribution >= 4 is 23.1 Å². The summed E-state index contributed by atoms with van der Waals surface area (Å²) in [5, 5.41) is 8.61. The van der Waals surface area contributed by atoms with Crippen LogP contribution in [0.2, 0.25) is 0 Å². The number of aromatic nitrogens is 2. The highest BCUT2D eigenvalue weighted by Gasteiger charge is 2.21. The highest BCUT2D eigenvalue weighted by Crippen LogP contribution is 2.27. The summed E-state index contributed by atoms with van der Waals surface area (Å²) in [6.45, 7) is 5.92. The molecule has 1 aromatic carbocycles. The number of nitrogens with zero attached hydrogens (tertiary/aromatic N) is 4. The number of benzene rings is 1. The van der Waals surface area contributed by atoms with Crippen LogP contribution in [0.25, 0.3) is 5.65 Å². The number of imidazole rings is 1. The Morgan fingerprint density at radius 3 is 2.67 bits per heavy atom. The van der Waals surface area contributed by atoms with E-state index in [0.29, 0.717) is 11.5 Å². The normalized spacial score (nSPS) is 11.3. The average molecular weight is 322 g/mol. The van der Waals surface area contributed by atoms with Crippen LogP contribution in [-0.2, 0) is 4.74 Å². The Morgan fingerprint density at radius 2 is 1.92 bits per heavy atom. The molecule has 2 aromatic heterocycles. The van der Waals surface area contributed by atoms with E-state index in [1.54, 1.807) is 11.3 Å². The van der Waals surface area contributed by atoms with Crippen molar-refractivity contribution < 1.29 is 9.53 Å². The number of fused-ring (bicyclic) bond motifs is 1. The zero-order chi connectivity index (χ0) is 17.1. The first-order chi connectivity index (χ1) is 11.6. The topological polar surface area (TPSA) is 68.3 Å². The zero-order valence-corrected chi connectivity index (χ0v) is 13.9. The summed E-state index contributed by atoms with van der Waals surface area (Å²) in [7, 11) is 0. The molecule has 6 nitrogen and oxygen atoms in total. The maximum absolute atomic E-state index is 12.2. The number of esters is 1. The molecule has 0 fully saturated rings. The average Bonchev–Trinajstić information content (AvgIpc) is 2.94. The quantitative estimate of drug-likeness (QED) is 0.523. The Bertz CT molecular complexity index is 928. The van der Waals surface area contributed by atoms with E-state index < -0.39 is 5.97 Å². The van der Waals surface area contributed by atoms with Crippen LogP contribution in [0, 0.1) is 13.8 Å². The predicted octanol–water partition coefficient (Wildman–Crippen LogP) is 4.54. The molecule has 0 unspecified atom stereocenters. The van der Waals surface area contributed by atoms with Gasteiger partial charge in [0.2, 0.25) is 0 Å². The maximum atomic E-state index is 12.2. The molecule has 0 saturated carbocycles. The minimum atomic E-state index is -0.501. The van der Waals surface area contributed by atoms with E-state index in [1.165, 1.54) is 0 Å². The maximum Gasteiger partial charge on any atom is 0.360 e.